The molecule has 0 radical (unpaired) electrons. The lowest BCUT2D eigenvalue weighted by molar-refractivity contribution is -0.140. The predicted octanol–water partition coefficient (Wildman–Crippen LogP) is 0.200. The molecule has 14 nitrogen and oxygen atoms in total. The Morgan fingerprint density at radius 3 is 2.46 bits per heavy atom. The van der Waals surface area contributed by atoms with Gasteiger partial charge in [-0.3, -0.25) is 33.5 Å². The van der Waals surface area contributed by atoms with Gasteiger partial charge in [0.15, 0.2) is 0 Å². The normalized spacial score (nSPS) is 31.5. The van der Waals surface area contributed by atoms with Crippen LogP contribution >= 0.6 is 0 Å². The molecule has 5 aliphatic rings. The fourth-order valence-electron chi connectivity index (χ4n) is 7.05. The fourth-order valence-corrected chi connectivity index (χ4v) is 8.41. The number of hydrogen-bond donors (Lipinski definition) is 3. The van der Waals surface area contributed by atoms with Crippen LogP contribution in [0.25, 0.3) is 0 Å². The van der Waals surface area contributed by atoms with Crippen LogP contribution in [-0.2, 0) is 33.9 Å². The van der Waals surface area contributed by atoms with Crippen molar-refractivity contribution in [1.29, 1.82) is 0 Å². The van der Waals surface area contributed by atoms with Crippen LogP contribution in [0.5, 0.6) is 0 Å². The average molecular weight is 660 g/mol. The Morgan fingerprint density at radius 1 is 1.00 bits per heavy atom. The molecule has 0 bridgehead atoms. The van der Waals surface area contributed by atoms with E-state index < -0.39 is 73.5 Å². The summed E-state index contributed by atoms with van der Waals surface area (Å²) in [6.07, 6.45) is 10.1. The number of allylic oxidation sites excluding steroid dienone is 1. The first-order valence-corrected chi connectivity index (χ1v) is 17.9. The van der Waals surface area contributed by atoms with Crippen molar-refractivity contribution in [3.63, 3.8) is 0 Å². The molecule has 250 valence electrons. The number of anilines is 2. The van der Waals surface area contributed by atoms with Crippen LogP contribution in [-0.4, -0.2) is 86.1 Å². The Kier molecular flexibility index (Phi) is 8.96. The summed E-state index contributed by atoms with van der Waals surface area (Å²) in [5.74, 6) is -2.41. The van der Waals surface area contributed by atoms with Gasteiger partial charge < -0.3 is 25.2 Å². The van der Waals surface area contributed by atoms with Gasteiger partial charge in [0, 0.05) is 25.4 Å². The van der Waals surface area contributed by atoms with Crippen molar-refractivity contribution in [2.24, 2.45) is 5.92 Å². The maximum absolute atomic E-state index is 14.2. The third-order valence-corrected chi connectivity index (χ3v) is 11.8. The van der Waals surface area contributed by atoms with Crippen LogP contribution in [0, 0.1) is 5.92 Å². The molecule has 6 rings (SSSR count). The van der Waals surface area contributed by atoms with E-state index in [0.29, 0.717) is 50.9 Å². The van der Waals surface area contributed by atoms with Gasteiger partial charge in [0.25, 0.3) is 23.2 Å². The molecule has 0 unspecified atom stereocenters. The van der Waals surface area contributed by atoms with Crippen molar-refractivity contribution in [1.82, 2.24) is 14.9 Å². The summed E-state index contributed by atoms with van der Waals surface area (Å²) in [5, 5.41) is 5.22. The predicted molar refractivity (Wildman–Crippen MR) is 167 cm³/mol. The summed E-state index contributed by atoms with van der Waals surface area (Å²) in [7, 11) is -3.88. The highest BCUT2D eigenvalue weighted by Crippen LogP contribution is 2.46. The molecule has 0 spiro atoms. The molecule has 2 aliphatic carbocycles. The molecule has 3 amide bonds. The van der Waals surface area contributed by atoms with Gasteiger partial charge in [0.05, 0.1) is 11.8 Å². The van der Waals surface area contributed by atoms with E-state index >= 15 is 0 Å². The Labute approximate surface area is 267 Å². The van der Waals surface area contributed by atoms with Gasteiger partial charge in [-0.05, 0) is 57.8 Å². The summed E-state index contributed by atoms with van der Waals surface area (Å²) in [5.41, 5.74) is -2.35. The second-order valence-corrected chi connectivity index (χ2v) is 15.2. The molecule has 5 atom stereocenters. The smallest absolute Gasteiger partial charge is 0.293 e. The first-order valence-electron chi connectivity index (χ1n) is 16.3. The average Bonchev–Trinajstić information content (AvgIpc) is 3.96. The zero-order valence-corrected chi connectivity index (χ0v) is 26.5. The Morgan fingerprint density at radius 2 is 1.74 bits per heavy atom. The van der Waals surface area contributed by atoms with Crippen LogP contribution in [0.3, 0.4) is 0 Å². The van der Waals surface area contributed by atoms with Crippen LogP contribution in [0.2, 0.25) is 0 Å². The quantitative estimate of drug-likeness (QED) is 0.197. The lowest BCUT2D eigenvalue weighted by atomic mass is 10.0. The van der Waals surface area contributed by atoms with Gasteiger partial charge in [0.1, 0.15) is 35.1 Å². The van der Waals surface area contributed by atoms with E-state index in [0.717, 1.165) is 32.1 Å². The molecule has 3 aliphatic heterocycles. The molecular weight excluding hydrogens is 618 g/mol. The highest BCUT2D eigenvalue weighted by molar-refractivity contribution is 7.91. The number of amides is 3. The number of hydrogen-bond acceptors (Lipinski definition) is 11. The second kappa shape index (κ2) is 12.8. The van der Waals surface area contributed by atoms with Gasteiger partial charge in [-0.1, -0.05) is 25.0 Å². The van der Waals surface area contributed by atoms with Crippen LogP contribution < -0.4 is 31.1 Å². The lowest BCUT2D eigenvalue weighted by Crippen LogP contribution is -2.58. The molecule has 1 aromatic rings. The second-order valence-electron chi connectivity index (χ2n) is 13.2. The number of sulfonamides is 1. The minimum Gasteiger partial charge on any atom is -0.463 e. The molecule has 2 saturated carbocycles. The number of rotatable bonds is 8. The van der Waals surface area contributed by atoms with Gasteiger partial charge in [-0.25, -0.2) is 8.42 Å². The Balaban J connectivity index is 1.28. The SMILES string of the molecule is O=CO[C@@H]1C[C@H]2C(=O)N[C@]3(C(=O)NS(=O)(=O)C4CC4)C[C@H]3/C=C\CCCCC[C@H](Nc3c(N4CCCCC4)c(=O)c3=O)C(=O)N2C1. The van der Waals surface area contributed by atoms with Crippen molar-refractivity contribution in [2.45, 2.75) is 106 Å². The minimum absolute atomic E-state index is 0.0270. The first kappa shape index (κ1) is 32.2. The summed E-state index contributed by atoms with van der Waals surface area (Å²) >= 11 is 0. The molecule has 0 aromatic heterocycles. The monoisotopic (exact) mass is 659 g/mol. The van der Waals surface area contributed by atoms with Gasteiger partial charge in [0.2, 0.25) is 21.8 Å². The Bertz CT molecular complexity index is 1590. The summed E-state index contributed by atoms with van der Waals surface area (Å²) in [6, 6.07) is -2.07. The molecule has 1 aromatic carbocycles. The molecule has 3 N–H and O–H groups in total. The zero-order valence-electron chi connectivity index (χ0n) is 25.7. The van der Waals surface area contributed by atoms with Crippen molar-refractivity contribution in [2.75, 3.05) is 29.9 Å². The molecule has 15 heteroatoms. The van der Waals surface area contributed by atoms with Gasteiger partial charge in [-0.2, -0.15) is 0 Å². The van der Waals surface area contributed by atoms with Crippen molar-refractivity contribution in [3.8, 4) is 0 Å². The molecule has 4 fully saturated rings. The number of carbonyl (C=O) groups excluding carboxylic acids is 4. The van der Waals surface area contributed by atoms with Gasteiger partial charge >= 0.3 is 0 Å². The van der Waals surface area contributed by atoms with Crippen LogP contribution in [0.15, 0.2) is 21.7 Å². The third kappa shape index (κ3) is 6.29. The van der Waals surface area contributed by atoms with E-state index in [2.05, 4.69) is 15.4 Å². The number of piperidine rings is 1. The topological polar surface area (TPSA) is 188 Å². The summed E-state index contributed by atoms with van der Waals surface area (Å²) in [6.45, 7) is 1.45. The largest absolute Gasteiger partial charge is 0.463 e. The number of ether oxygens (including phenoxy) is 1. The van der Waals surface area contributed by atoms with Crippen molar-refractivity contribution < 1.29 is 32.3 Å². The maximum Gasteiger partial charge on any atom is 0.293 e. The van der Waals surface area contributed by atoms with Crippen LogP contribution in [0.4, 0.5) is 11.4 Å². The number of nitrogens with one attached hydrogen (secondary N) is 3. The molecular formula is C31H41N5O9S. The van der Waals surface area contributed by atoms with Crippen molar-refractivity contribution in [3.05, 3.63) is 32.6 Å². The minimum atomic E-state index is -3.88. The van der Waals surface area contributed by atoms with E-state index in [1.54, 1.807) is 0 Å². The van der Waals surface area contributed by atoms with E-state index in [1.165, 1.54) is 4.90 Å². The number of fused-ring (bicyclic) bond motifs is 2. The zero-order chi connectivity index (χ0) is 32.6. The molecule has 2 saturated heterocycles. The Hall–Kier alpha value is -3.75. The third-order valence-electron chi connectivity index (χ3n) is 9.97. The van der Waals surface area contributed by atoms with Crippen LogP contribution in [0.1, 0.15) is 77.0 Å². The van der Waals surface area contributed by atoms with Crippen molar-refractivity contribution >= 4 is 45.6 Å². The number of carbonyl (C=O) groups is 4. The van der Waals surface area contributed by atoms with E-state index in [1.807, 2.05) is 17.1 Å². The summed E-state index contributed by atoms with van der Waals surface area (Å²) < 4.78 is 32.6. The van der Waals surface area contributed by atoms with Gasteiger partial charge in [-0.15, -0.1) is 0 Å². The number of nitrogens with zero attached hydrogens (tertiary/aromatic N) is 2. The molecule has 3 heterocycles. The summed E-state index contributed by atoms with van der Waals surface area (Å²) in [4.78, 5) is 81.4. The van der Waals surface area contributed by atoms with E-state index in [9.17, 15) is 37.2 Å². The standard InChI is InChI=1S/C31H41N5O9S/c37-18-45-20-15-23-28(40)33-31(30(42)34-46(43,44)21-11-12-21)16-19(31)9-5-2-1-3-6-10-22(29(41)36(23)17-20)32-24-25(27(39)26(24)38)35-13-7-4-8-14-35/h5,9,18-23,32H,1-4,6-8,10-17H2,(H,33,40)(H,34,42)/b9-5-/t19-,20-,22+,23+,31-/m1/s1. The lowest BCUT2D eigenvalue weighted by Gasteiger charge is -2.33. The first-order chi connectivity index (χ1) is 22.1. The van der Waals surface area contributed by atoms with E-state index in [4.69, 9.17) is 4.74 Å². The van der Waals surface area contributed by atoms with E-state index in [-0.39, 0.29) is 31.5 Å². The highest BCUT2D eigenvalue weighted by Gasteiger charge is 2.62. The maximum atomic E-state index is 14.2. The fraction of sp³-hybridized carbons (Fsp3) is 0.677. The molecule has 46 heavy (non-hydrogen) atoms. The highest BCUT2D eigenvalue weighted by atomic mass is 32.2.